The van der Waals surface area contributed by atoms with E-state index in [1.807, 2.05) is 0 Å². The topological polar surface area (TPSA) is 128 Å². The van der Waals surface area contributed by atoms with Crippen LogP contribution in [0.4, 0.5) is 17.6 Å². The fourth-order valence-electron chi connectivity index (χ4n) is 8.20. The fraction of sp³-hybridized carbons (Fsp3) is 0.606. The normalized spacial score (nSPS) is 27.2. The van der Waals surface area contributed by atoms with Crippen LogP contribution in [0.25, 0.3) is 6.08 Å². The minimum atomic E-state index is -5.01. The zero-order valence-electron chi connectivity index (χ0n) is 25.9. The molecule has 256 valence electrons. The lowest BCUT2D eigenvalue weighted by Crippen LogP contribution is -2.36. The van der Waals surface area contributed by atoms with Gasteiger partial charge in [0, 0.05) is 18.5 Å². The number of ether oxygens (including phenoxy) is 1. The van der Waals surface area contributed by atoms with E-state index < -0.39 is 39.1 Å². The van der Waals surface area contributed by atoms with Gasteiger partial charge in [-0.1, -0.05) is 51.0 Å². The number of nitrogens with zero attached hydrogens (tertiary/aromatic N) is 1. The van der Waals surface area contributed by atoms with Crippen LogP contribution >= 0.6 is 0 Å². The second-order valence-electron chi connectivity index (χ2n) is 13.3. The summed E-state index contributed by atoms with van der Waals surface area (Å²) in [6.07, 6.45) is 9.88. The zero-order chi connectivity index (χ0) is 33.4. The van der Waals surface area contributed by atoms with Gasteiger partial charge in [0.25, 0.3) is 11.8 Å². The van der Waals surface area contributed by atoms with E-state index in [-0.39, 0.29) is 35.6 Å². The number of fused-ring (bicyclic) bond motifs is 5. The first-order chi connectivity index (χ1) is 22.4. The van der Waals surface area contributed by atoms with Crippen molar-refractivity contribution in [1.29, 1.82) is 0 Å². The summed E-state index contributed by atoms with van der Waals surface area (Å²) < 4.78 is 88.9. The summed E-state index contributed by atoms with van der Waals surface area (Å²) in [5, 5.41) is 2.95. The highest BCUT2D eigenvalue weighted by Crippen LogP contribution is 2.73. The number of aromatic nitrogens is 1. The molecule has 9 nitrogen and oxygen atoms in total. The van der Waals surface area contributed by atoms with E-state index in [2.05, 4.69) is 10.3 Å². The van der Waals surface area contributed by atoms with Crippen molar-refractivity contribution in [3.05, 3.63) is 59.1 Å². The van der Waals surface area contributed by atoms with Crippen molar-refractivity contribution in [2.75, 3.05) is 12.3 Å². The third-order valence-electron chi connectivity index (χ3n) is 10.2. The third-order valence-corrected chi connectivity index (χ3v) is 11.4. The highest BCUT2D eigenvalue weighted by molar-refractivity contribution is 7.90. The second-order valence-corrected chi connectivity index (χ2v) is 15.0. The van der Waals surface area contributed by atoms with E-state index in [9.17, 15) is 35.6 Å². The molecule has 2 saturated heterocycles. The number of hydrogen-bond acceptors (Lipinski definition) is 7. The Balaban J connectivity index is 1.11. The van der Waals surface area contributed by atoms with Crippen LogP contribution in [0.2, 0.25) is 0 Å². The van der Waals surface area contributed by atoms with Crippen LogP contribution in [0.15, 0.2) is 35.0 Å². The lowest BCUT2D eigenvalue weighted by molar-refractivity contribution is -0.115. The van der Waals surface area contributed by atoms with Gasteiger partial charge >= 0.3 is 6.18 Å². The summed E-state index contributed by atoms with van der Waals surface area (Å²) >= 11 is 0. The molecule has 3 heterocycles. The van der Waals surface area contributed by atoms with Gasteiger partial charge in [-0.15, -0.1) is 0 Å². The number of rotatable bonds is 13. The number of halogens is 4. The van der Waals surface area contributed by atoms with Gasteiger partial charge in [-0.3, -0.25) is 9.59 Å². The molecule has 5 unspecified atom stereocenters. The molecule has 0 radical (unpaired) electrons. The van der Waals surface area contributed by atoms with Crippen molar-refractivity contribution in [3.63, 3.8) is 0 Å². The predicted octanol–water partition coefficient (Wildman–Crippen LogP) is 5.60. The van der Waals surface area contributed by atoms with Crippen LogP contribution in [0.1, 0.15) is 91.7 Å². The van der Waals surface area contributed by atoms with E-state index in [1.54, 1.807) is 0 Å². The maximum atomic E-state index is 14.4. The Morgan fingerprint density at radius 2 is 1.87 bits per heavy atom. The summed E-state index contributed by atoms with van der Waals surface area (Å²) in [6.45, 7) is 0.556. The van der Waals surface area contributed by atoms with E-state index in [1.165, 1.54) is 73.8 Å². The number of hydrogen-bond donors (Lipinski definition) is 2. The van der Waals surface area contributed by atoms with E-state index in [0.29, 0.717) is 30.0 Å². The van der Waals surface area contributed by atoms with Crippen molar-refractivity contribution in [2.45, 2.75) is 94.4 Å². The Morgan fingerprint density at radius 1 is 1.09 bits per heavy atom. The minimum Gasteiger partial charge on any atom is -0.447 e. The van der Waals surface area contributed by atoms with Crippen LogP contribution in [0, 0.1) is 23.6 Å². The molecule has 0 spiro atoms. The number of carbonyl (C=O) groups is 2. The molecule has 2 N–H and O–H groups in total. The number of nitrogens with one attached hydrogen (secondary N) is 2. The third kappa shape index (κ3) is 7.43. The maximum absolute atomic E-state index is 14.4. The molecular formula is C33H39F4N3O6S. The molecule has 5 atom stereocenters. The van der Waals surface area contributed by atoms with Crippen LogP contribution in [0.3, 0.4) is 0 Å². The smallest absolute Gasteiger partial charge is 0.404 e. The van der Waals surface area contributed by atoms with Gasteiger partial charge in [0.2, 0.25) is 15.9 Å². The highest BCUT2D eigenvalue weighted by atomic mass is 32.2. The summed E-state index contributed by atoms with van der Waals surface area (Å²) in [4.78, 5) is 29.7. The minimum absolute atomic E-state index is 0.0199. The molecule has 1 aromatic heterocycles. The van der Waals surface area contributed by atoms with Gasteiger partial charge in [-0.25, -0.2) is 22.5 Å². The van der Waals surface area contributed by atoms with E-state index in [4.69, 9.17) is 9.15 Å². The molecule has 4 aliphatic rings. The molecule has 1 aromatic carbocycles. The average Bonchev–Trinajstić information content (AvgIpc) is 3.42. The summed E-state index contributed by atoms with van der Waals surface area (Å²) in [6, 6.07) is 3.90. The number of oxazole rings is 1. The average molecular weight is 682 g/mol. The molecule has 2 aromatic rings. The molecule has 2 saturated carbocycles. The summed E-state index contributed by atoms with van der Waals surface area (Å²) in [7, 11) is -4.94. The van der Waals surface area contributed by atoms with Crippen LogP contribution in [0.5, 0.6) is 0 Å². The number of unbranched alkanes of at least 4 members (excludes halogenated alkanes) is 1. The Hall–Kier alpha value is -3.26. The largest absolute Gasteiger partial charge is 0.447 e. The van der Waals surface area contributed by atoms with Crippen molar-refractivity contribution in [2.24, 2.45) is 17.8 Å². The first-order valence-corrected chi connectivity index (χ1v) is 18.0. The predicted molar refractivity (Wildman–Crippen MR) is 163 cm³/mol. The zero-order valence-corrected chi connectivity index (χ0v) is 26.7. The molecule has 4 fully saturated rings. The fourth-order valence-corrected chi connectivity index (χ4v) is 9.08. The summed E-state index contributed by atoms with van der Waals surface area (Å²) in [5.41, 5.74) is 0.509. The highest BCUT2D eigenvalue weighted by Gasteiger charge is 2.80. The van der Waals surface area contributed by atoms with E-state index in [0.717, 1.165) is 37.7 Å². The van der Waals surface area contributed by atoms with Gasteiger partial charge in [-0.2, -0.15) is 13.2 Å². The second kappa shape index (κ2) is 13.3. The van der Waals surface area contributed by atoms with Crippen molar-refractivity contribution >= 4 is 27.9 Å². The Labute approximate surface area is 271 Å². The number of sulfonamides is 1. The lowest BCUT2D eigenvalue weighted by Gasteiger charge is -2.21. The lowest BCUT2D eigenvalue weighted by atomic mass is 9.86. The van der Waals surface area contributed by atoms with Gasteiger partial charge in [0.1, 0.15) is 12.1 Å². The SMILES string of the molecule is O=C(/C=C/c1ccc(F)cc1CC1C2C3CCC(O3)C12c1nc(C(=O)NCCCCC2CCCCC2)co1)NS(=O)(=O)CC(F)(F)F. The molecular weight excluding hydrogens is 642 g/mol. The molecule has 14 heteroatoms. The number of carbonyl (C=O) groups excluding carboxylic acids is 2. The van der Waals surface area contributed by atoms with Gasteiger partial charge < -0.3 is 14.5 Å². The van der Waals surface area contributed by atoms with Crippen molar-refractivity contribution < 1.29 is 44.7 Å². The monoisotopic (exact) mass is 681 g/mol. The molecule has 2 aliphatic carbocycles. The van der Waals surface area contributed by atoms with Crippen molar-refractivity contribution in [1.82, 2.24) is 15.0 Å². The Kier molecular flexibility index (Phi) is 9.54. The molecule has 6 rings (SSSR count). The summed E-state index contributed by atoms with van der Waals surface area (Å²) in [5.74, 6) is -3.13. The number of alkyl halides is 3. The van der Waals surface area contributed by atoms with E-state index >= 15 is 0 Å². The van der Waals surface area contributed by atoms with Gasteiger partial charge in [0.05, 0.1) is 17.6 Å². The molecule has 2 amide bonds. The maximum Gasteiger partial charge on any atom is 0.404 e. The van der Waals surface area contributed by atoms with Crippen LogP contribution in [-0.2, 0) is 31.4 Å². The van der Waals surface area contributed by atoms with Crippen molar-refractivity contribution in [3.8, 4) is 0 Å². The number of amides is 2. The van der Waals surface area contributed by atoms with Crippen LogP contribution < -0.4 is 10.0 Å². The first kappa shape index (κ1) is 33.6. The molecule has 47 heavy (non-hydrogen) atoms. The molecule has 2 aliphatic heterocycles. The molecule has 2 bridgehead atoms. The van der Waals surface area contributed by atoms with Gasteiger partial charge in [0.15, 0.2) is 11.4 Å². The van der Waals surface area contributed by atoms with Gasteiger partial charge in [-0.05, 0) is 66.9 Å². The number of benzene rings is 1. The standard InChI is InChI=1S/C33H39F4N3O6S/c34-23-11-9-21(10-14-28(41)40-47(43,44)19-32(35,36)37)22(16-23)17-24-29-26-12-13-27(46-26)33(24,29)31-39-25(18-45-31)30(42)38-15-5-4-8-20-6-2-1-3-7-20/h9-11,14,16,18,20,24,26-27,29H,1-8,12-13,15,17,19H2,(H,38,42)(H,40,41)/b14-10+. The quantitative estimate of drug-likeness (QED) is 0.160. The Bertz CT molecular complexity index is 1620. The van der Waals surface area contributed by atoms with Crippen LogP contribution in [-0.4, -0.2) is 55.9 Å². The first-order valence-electron chi connectivity index (χ1n) is 16.3. The Morgan fingerprint density at radius 3 is 2.64 bits per heavy atom.